The van der Waals surface area contributed by atoms with Crippen molar-refractivity contribution in [3.63, 3.8) is 0 Å². The Labute approximate surface area is 153 Å². The standard InChI is InChI=1S/C20H24N4O2/c1-14-6-5-7-16(12-14)20(26)22-15(2)19(25)23-17-8-9-18(21-13-17)24-10-3-4-11-24/h5-9,12-13,15H,3-4,10-11H2,1-2H3,(H,22,26)(H,23,25). The fourth-order valence-corrected chi connectivity index (χ4v) is 2.98. The summed E-state index contributed by atoms with van der Waals surface area (Å²) in [4.78, 5) is 31.2. The summed E-state index contributed by atoms with van der Waals surface area (Å²) in [5.41, 5.74) is 2.16. The molecule has 0 aliphatic carbocycles. The highest BCUT2D eigenvalue weighted by atomic mass is 16.2. The van der Waals surface area contributed by atoms with Gasteiger partial charge in [-0.15, -0.1) is 0 Å². The van der Waals surface area contributed by atoms with Gasteiger partial charge in [0.1, 0.15) is 11.9 Å². The fraction of sp³-hybridized carbons (Fsp3) is 0.350. The van der Waals surface area contributed by atoms with E-state index in [0.29, 0.717) is 11.3 Å². The number of hydrogen-bond donors (Lipinski definition) is 2. The summed E-state index contributed by atoms with van der Waals surface area (Å²) in [5, 5.41) is 5.51. The third-order valence-electron chi connectivity index (χ3n) is 4.47. The Kier molecular flexibility index (Phi) is 5.51. The first kappa shape index (κ1) is 17.9. The minimum absolute atomic E-state index is 0.265. The second-order valence-corrected chi connectivity index (χ2v) is 6.65. The molecule has 1 fully saturated rings. The van der Waals surface area contributed by atoms with Crippen molar-refractivity contribution in [2.24, 2.45) is 0 Å². The molecule has 1 saturated heterocycles. The van der Waals surface area contributed by atoms with Gasteiger partial charge >= 0.3 is 0 Å². The van der Waals surface area contributed by atoms with Gasteiger partial charge in [0.2, 0.25) is 5.91 Å². The lowest BCUT2D eigenvalue weighted by atomic mass is 10.1. The van der Waals surface area contributed by atoms with Crippen molar-refractivity contribution in [2.75, 3.05) is 23.3 Å². The molecule has 0 bridgehead atoms. The highest BCUT2D eigenvalue weighted by Gasteiger charge is 2.18. The van der Waals surface area contributed by atoms with Crippen molar-refractivity contribution in [2.45, 2.75) is 32.7 Å². The van der Waals surface area contributed by atoms with Crippen LogP contribution in [-0.4, -0.2) is 35.9 Å². The Hall–Kier alpha value is -2.89. The lowest BCUT2D eigenvalue weighted by Crippen LogP contribution is -2.41. The second-order valence-electron chi connectivity index (χ2n) is 6.65. The van der Waals surface area contributed by atoms with E-state index in [9.17, 15) is 9.59 Å². The molecule has 1 aromatic carbocycles. The minimum atomic E-state index is -0.652. The number of aryl methyl sites for hydroxylation is 1. The summed E-state index contributed by atoms with van der Waals surface area (Å²) >= 11 is 0. The van der Waals surface area contributed by atoms with Gasteiger partial charge in [0.15, 0.2) is 0 Å². The molecule has 2 N–H and O–H groups in total. The highest BCUT2D eigenvalue weighted by Crippen LogP contribution is 2.19. The maximum atomic E-state index is 12.3. The summed E-state index contributed by atoms with van der Waals surface area (Å²) < 4.78 is 0. The van der Waals surface area contributed by atoms with Crippen LogP contribution in [0.3, 0.4) is 0 Å². The number of aromatic nitrogens is 1. The van der Waals surface area contributed by atoms with E-state index in [0.717, 1.165) is 24.5 Å². The van der Waals surface area contributed by atoms with Gasteiger partial charge in [-0.25, -0.2) is 4.98 Å². The van der Waals surface area contributed by atoms with Crippen LogP contribution in [0.25, 0.3) is 0 Å². The van der Waals surface area contributed by atoms with E-state index in [4.69, 9.17) is 0 Å². The van der Waals surface area contributed by atoms with Crippen molar-refractivity contribution in [3.05, 3.63) is 53.7 Å². The van der Waals surface area contributed by atoms with E-state index in [2.05, 4.69) is 20.5 Å². The molecule has 2 amide bonds. The van der Waals surface area contributed by atoms with Crippen LogP contribution in [0.1, 0.15) is 35.7 Å². The molecule has 26 heavy (non-hydrogen) atoms. The average Bonchev–Trinajstić information content (AvgIpc) is 3.17. The maximum absolute atomic E-state index is 12.3. The number of nitrogens with one attached hydrogen (secondary N) is 2. The van der Waals surface area contributed by atoms with Gasteiger partial charge in [-0.3, -0.25) is 9.59 Å². The van der Waals surface area contributed by atoms with Crippen LogP contribution in [-0.2, 0) is 4.79 Å². The lowest BCUT2D eigenvalue weighted by molar-refractivity contribution is -0.117. The molecule has 0 saturated carbocycles. The topological polar surface area (TPSA) is 74.3 Å². The molecular weight excluding hydrogens is 328 g/mol. The molecule has 1 aliphatic heterocycles. The molecule has 136 valence electrons. The van der Waals surface area contributed by atoms with Crippen LogP contribution in [0.5, 0.6) is 0 Å². The van der Waals surface area contributed by atoms with Gasteiger partial charge in [-0.2, -0.15) is 0 Å². The van der Waals surface area contributed by atoms with Crippen molar-refractivity contribution in [1.29, 1.82) is 0 Å². The van der Waals surface area contributed by atoms with Gasteiger partial charge in [0, 0.05) is 18.7 Å². The molecule has 6 nitrogen and oxygen atoms in total. The van der Waals surface area contributed by atoms with Crippen LogP contribution in [0.4, 0.5) is 11.5 Å². The molecular formula is C20H24N4O2. The van der Waals surface area contributed by atoms with E-state index >= 15 is 0 Å². The molecule has 2 aromatic rings. The number of benzene rings is 1. The van der Waals surface area contributed by atoms with Crippen molar-refractivity contribution >= 4 is 23.3 Å². The first-order valence-electron chi connectivity index (χ1n) is 8.92. The number of carbonyl (C=O) groups excluding carboxylic acids is 2. The van der Waals surface area contributed by atoms with E-state index in [-0.39, 0.29) is 11.8 Å². The predicted octanol–water partition coefficient (Wildman–Crippen LogP) is 2.75. The van der Waals surface area contributed by atoms with Gasteiger partial charge < -0.3 is 15.5 Å². The minimum Gasteiger partial charge on any atom is -0.357 e. The number of rotatable bonds is 5. The summed E-state index contributed by atoms with van der Waals surface area (Å²) in [6.07, 6.45) is 4.04. The largest absolute Gasteiger partial charge is 0.357 e. The zero-order chi connectivity index (χ0) is 18.5. The molecule has 1 aliphatic rings. The Bertz CT molecular complexity index is 783. The van der Waals surface area contributed by atoms with Crippen LogP contribution in [0.2, 0.25) is 0 Å². The van der Waals surface area contributed by atoms with Gasteiger partial charge in [0.25, 0.3) is 5.91 Å². The Morgan fingerprint density at radius 3 is 2.58 bits per heavy atom. The highest BCUT2D eigenvalue weighted by molar-refractivity contribution is 6.01. The number of anilines is 2. The number of carbonyl (C=O) groups is 2. The maximum Gasteiger partial charge on any atom is 0.251 e. The molecule has 0 spiro atoms. The monoisotopic (exact) mass is 352 g/mol. The van der Waals surface area contributed by atoms with Crippen LogP contribution in [0, 0.1) is 6.92 Å². The van der Waals surface area contributed by atoms with E-state index < -0.39 is 6.04 Å². The number of pyridine rings is 1. The quantitative estimate of drug-likeness (QED) is 0.868. The third-order valence-corrected chi connectivity index (χ3v) is 4.47. The molecule has 0 radical (unpaired) electrons. The number of amides is 2. The summed E-state index contributed by atoms with van der Waals surface area (Å²) in [6.45, 7) is 5.64. The van der Waals surface area contributed by atoms with Crippen molar-refractivity contribution < 1.29 is 9.59 Å². The second kappa shape index (κ2) is 7.99. The Morgan fingerprint density at radius 2 is 1.92 bits per heavy atom. The van der Waals surface area contributed by atoms with Crippen LogP contribution in [0.15, 0.2) is 42.6 Å². The molecule has 1 unspecified atom stereocenters. The molecule has 3 rings (SSSR count). The zero-order valence-electron chi connectivity index (χ0n) is 15.2. The molecule has 1 atom stereocenters. The van der Waals surface area contributed by atoms with Crippen molar-refractivity contribution in [1.82, 2.24) is 10.3 Å². The predicted molar refractivity (Wildman–Crippen MR) is 102 cm³/mol. The molecule has 1 aromatic heterocycles. The Morgan fingerprint density at radius 1 is 1.15 bits per heavy atom. The molecule has 6 heteroatoms. The summed E-state index contributed by atoms with van der Waals surface area (Å²) in [7, 11) is 0. The Balaban J connectivity index is 1.56. The van der Waals surface area contributed by atoms with Crippen LogP contribution < -0.4 is 15.5 Å². The smallest absolute Gasteiger partial charge is 0.251 e. The first-order chi connectivity index (χ1) is 12.5. The van der Waals surface area contributed by atoms with E-state index in [1.54, 1.807) is 25.3 Å². The van der Waals surface area contributed by atoms with E-state index in [1.165, 1.54) is 12.8 Å². The lowest BCUT2D eigenvalue weighted by Gasteiger charge is -2.17. The number of hydrogen-bond acceptors (Lipinski definition) is 4. The summed E-state index contributed by atoms with van der Waals surface area (Å²) in [5.74, 6) is 0.391. The first-order valence-corrected chi connectivity index (χ1v) is 8.92. The summed E-state index contributed by atoms with van der Waals surface area (Å²) in [6, 6.07) is 10.4. The molecule has 2 heterocycles. The fourth-order valence-electron chi connectivity index (χ4n) is 2.98. The zero-order valence-corrected chi connectivity index (χ0v) is 15.2. The van der Waals surface area contributed by atoms with E-state index in [1.807, 2.05) is 31.2 Å². The van der Waals surface area contributed by atoms with Gasteiger partial charge in [-0.05, 0) is 51.0 Å². The average molecular weight is 352 g/mol. The van der Waals surface area contributed by atoms with Crippen molar-refractivity contribution in [3.8, 4) is 0 Å². The SMILES string of the molecule is Cc1cccc(C(=O)NC(C)C(=O)Nc2ccc(N3CCCC3)nc2)c1. The van der Waals surface area contributed by atoms with Gasteiger partial charge in [0.05, 0.1) is 11.9 Å². The normalized spacial score (nSPS) is 14.8. The number of nitrogens with zero attached hydrogens (tertiary/aromatic N) is 2. The van der Waals surface area contributed by atoms with Crippen LogP contribution >= 0.6 is 0 Å². The van der Waals surface area contributed by atoms with Gasteiger partial charge in [-0.1, -0.05) is 17.7 Å². The third kappa shape index (κ3) is 4.39.